The van der Waals surface area contributed by atoms with Crippen molar-refractivity contribution in [3.05, 3.63) is 44.3 Å². The summed E-state index contributed by atoms with van der Waals surface area (Å²) in [6, 6.07) is 6.59. The molecule has 0 bridgehead atoms. The van der Waals surface area contributed by atoms with Crippen LogP contribution in [0.2, 0.25) is 10.0 Å². The number of thiazole rings is 1. The third-order valence-corrected chi connectivity index (χ3v) is 7.94. The van der Waals surface area contributed by atoms with E-state index >= 15 is 0 Å². The van der Waals surface area contributed by atoms with Crippen LogP contribution in [-0.4, -0.2) is 66.6 Å². The lowest BCUT2D eigenvalue weighted by Gasteiger charge is -2.39. The molecule has 1 atom stereocenters. The molecule has 2 aromatic rings. The lowest BCUT2D eigenvalue weighted by atomic mass is 9.96. The zero-order valence-electron chi connectivity index (χ0n) is 17.1. The highest BCUT2D eigenvalue weighted by molar-refractivity contribution is 7.09. The largest absolute Gasteiger partial charge is 0.368 e. The van der Waals surface area contributed by atoms with Gasteiger partial charge in [0.05, 0.1) is 26.9 Å². The number of anilines is 1. The molecule has 1 fully saturated rings. The number of hydrogen-bond donors (Lipinski definition) is 0. The molecule has 1 aromatic heterocycles. The molecular weight excluding hydrogens is 423 g/mol. The van der Waals surface area contributed by atoms with Gasteiger partial charge in [0.25, 0.3) is 0 Å². The summed E-state index contributed by atoms with van der Waals surface area (Å²) < 4.78 is 0. The maximum atomic E-state index is 6.42. The van der Waals surface area contributed by atoms with E-state index in [1.807, 2.05) is 29.0 Å². The highest BCUT2D eigenvalue weighted by Gasteiger charge is 2.26. The van der Waals surface area contributed by atoms with Crippen molar-refractivity contribution in [1.29, 1.82) is 0 Å². The molecule has 29 heavy (non-hydrogen) atoms. The smallest absolute Gasteiger partial charge is 0.0825 e. The van der Waals surface area contributed by atoms with Crippen LogP contribution < -0.4 is 4.90 Å². The van der Waals surface area contributed by atoms with E-state index in [2.05, 4.69) is 32.7 Å². The predicted molar refractivity (Wildman–Crippen MR) is 125 cm³/mol. The molecule has 4 rings (SSSR count). The van der Waals surface area contributed by atoms with Gasteiger partial charge in [0.2, 0.25) is 0 Å². The number of halogens is 2. The van der Waals surface area contributed by atoms with Crippen LogP contribution in [0.4, 0.5) is 5.69 Å². The van der Waals surface area contributed by atoms with Crippen LogP contribution in [0.3, 0.4) is 0 Å². The minimum atomic E-state index is 0.637. The standard InChI is InChI=1S/C22H30Cl2N4S/c1-2-8-27(17-6-7-19-21(15-17)29-16-25-19)12-9-26-10-13-28(14-11-26)20-5-3-4-18(23)22(20)24/h3-5,16-17H,2,6-15H2,1H3. The second-order valence-corrected chi connectivity index (χ2v) is 9.78. The summed E-state index contributed by atoms with van der Waals surface area (Å²) in [6.45, 7) is 9.94. The molecule has 158 valence electrons. The van der Waals surface area contributed by atoms with Crippen molar-refractivity contribution in [1.82, 2.24) is 14.8 Å². The van der Waals surface area contributed by atoms with Crippen molar-refractivity contribution in [3.63, 3.8) is 0 Å². The first-order chi connectivity index (χ1) is 14.2. The van der Waals surface area contributed by atoms with E-state index in [-0.39, 0.29) is 0 Å². The molecule has 0 saturated carbocycles. The van der Waals surface area contributed by atoms with E-state index in [4.69, 9.17) is 23.2 Å². The maximum Gasteiger partial charge on any atom is 0.0825 e. The minimum Gasteiger partial charge on any atom is -0.368 e. The van der Waals surface area contributed by atoms with E-state index in [0.29, 0.717) is 16.1 Å². The van der Waals surface area contributed by atoms with Gasteiger partial charge in [0, 0.05) is 50.2 Å². The SMILES string of the molecule is CCCN(CCN1CCN(c2cccc(Cl)c2Cl)CC1)C1CCc2ncsc2C1. The van der Waals surface area contributed by atoms with Crippen molar-refractivity contribution in [2.45, 2.75) is 38.6 Å². The Hall–Kier alpha value is -0.850. The Morgan fingerprint density at radius 3 is 2.79 bits per heavy atom. The van der Waals surface area contributed by atoms with Gasteiger partial charge in [-0.2, -0.15) is 0 Å². The third kappa shape index (κ3) is 5.08. The van der Waals surface area contributed by atoms with Crippen molar-refractivity contribution in [2.75, 3.05) is 50.7 Å². The molecule has 1 aromatic carbocycles. The topological polar surface area (TPSA) is 22.6 Å². The zero-order chi connectivity index (χ0) is 20.2. The summed E-state index contributed by atoms with van der Waals surface area (Å²) in [4.78, 5) is 13.7. The van der Waals surface area contributed by atoms with Crippen molar-refractivity contribution >= 4 is 40.2 Å². The van der Waals surface area contributed by atoms with Crippen molar-refractivity contribution < 1.29 is 0 Å². The fourth-order valence-electron chi connectivity index (χ4n) is 4.58. The molecular formula is C22H30Cl2N4S. The van der Waals surface area contributed by atoms with Gasteiger partial charge < -0.3 is 4.90 Å². The molecule has 0 spiro atoms. The van der Waals surface area contributed by atoms with E-state index in [1.54, 1.807) is 0 Å². The van der Waals surface area contributed by atoms with Gasteiger partial charge in [-0.05, 0) is 44.4 Å². The number of aromatic nitrogens is 1. The Balaban J connectivity index is 1.29. The van der Waals surface area contributed by atoms with Crippen LogP contribution in [-0.2, 0) is 12.8 Å². The summed E-state index contributed by atoms with van der Waals surface area (Å²) in [5.41, 5.74) is 4.43. The average Bonchev–Trinajstić information content (AvgIpc) is 3.21. The van der Waals surface area contributed by atoms with E-state index in [1.165, 1.54) is 36.4 Å². The second-order valence-electron chi connectivity index (χ2n) is 8.06. The zero-order valence-corrected chi connectivity index (χ0v) is 19.4. The maximum absolute atomic E-state index is 6.42. The Kier molecular flexibility index (Phi) is 7.35. The van der Waals surface area contributed by atoms with Gasteiger partial charge in [0.15, 0.2) is 0 Å². The van der Waals surface area contributed by atoms with Gasteiger partial charge in [-0.1, -0.05) is 36.2 Å². The lowest BCUT2D eigenvalue weighted by Crippen LogP contribution is -2.50. The normalized spacial score (nSPS) is 20.3. The van der Waals surface area contributed by atoms with Gasteiger partial charge in [-0.25, -0.2) is 4.98 Å². The van der Waals surface area contributed by atoms with Gasteiger partial charge in [0.1, 0.15) is 0 Å². The van der Waals surface area contributed by atoms with Crippen LogP contribution in [0.1, 0.15) is 30.3 Å². The Morgan fingerprint density at radius 1 is 1.17 bits per heavy atom. The second kappa shape index (κ2) is 9.97. The first-order valence-electron chi connectivity index (χ1n) is 10.7. The van der Waals surface area contributed by atoms with Crippen molar-refractivity contribution in [2.24, 2.45) is 0 Å². The predicted octanol–water partition coefficient (Wildman–Crippen LogP) is 4.84. The van der Waals surface area contributed by atoms with Gasteiger partial charge in [-0.3, -0.25) is 9.80 Å². The van der Waals surface area contributed by atoms with E-state index < -0.39 is 0 Å². The summed E-state index contributed by atoms with van der Waals surface area (Å²) in [7, 11) is 0. The van der Waals surface area contributed by atoms with Gasteiger partial charge >= 0.3 is 0 Å². The van der Waals surface area contributed by atoms with Crippen LogP contribution in [0.5, 0.6) is 0 Å². The average molecular weight is 453 g/mol. The Morgan fingerprint density at radius 2 is 2.00 bits per heavy atom. The summed E-state index contributed by atoms with van der Waals surface area (Å²) in [5, 5.41) is 1.31. The first-order valence-corrected chi connectivity index (χ1v) is 12.4. The monoisotopic (exact) mass is 452 g/mol. The molecule has 2 heterocycles. The number of fused-ring (bicyclic) bond motifs is 1. The van der Waals surface area contributed by atoms with E-state index in [0.717, 1.165) is 51.4 Å². The fourth-order valence-corrected chi connectivity index (χ4v) is 5.88. The fraction of sp³-hybridized carbons (Fsp3) is 0.591. The first kappa shape index (κ1) is 21.4. The minimum absolute atomic E-state index is 0.637. The molecule has 1 aliphatic heterocycles. The highest BCUT2D eigenvalue weighted by atomic mass is 35.5. The van der Waals surface area contributed by atoms with Gasteiger partial charge in [-0.15, -0.1) is 11.3 Å². The number of piperazine rings is 1. The molecule has 2 aliphatic rings. The molecule has 4 nitrogen and oxygen atoms in total. The lowest BCUT2D eigenvalue weighted by molar-refractivity contribution is 0.146. The molecule has 1 saturated heterocycles. The van der Waals surface area contributed by atoms with Crippen LogP contribution in [0.15, 0.2) is 23.7 Å². The quantitative estimate of drug-likeness (QED) is 0.598. The molecule has 1 aliphatic carbocycles. The highest BCUT2D eigenvalue weighted by Crippen LogP contribution is 2.33. The van der Waals surface area contributed by atoms with E-state index in [9.17, 15) is 0 Å². The number of nitrogens with zero attached hydrogens (tertiary/aromatic N) is 4. The van der Waals surface area contributed by atoms with Crippen LogP contribution >= 0.6 is 34.5 Å². The number of benzene rings is 1. The van der Waals surface area contributed by atoms with Crippen molar-refractivity contribution in [3.8, 4) is 0 Å². The molecule has 0 radical (unpaired) electrons. The summed E-state index contributed by atoms with van der Waals surface area (Å²) in [6.07, 6.45) is 4.79. The third-order valence-electron chi connectivity index (χ3n) is 6.24. The molecule has 1 unspecified atom stereocenters. The summed E-state index contributed by atoms with van der Waals surface area (Å²) in [5.74, 6) is 0. The van der Waals surface area contributed by atoms with Crippen LogP contribution in [0, 0.1) is 0 Å². The number of aryl methyl sites for hydroxylation is 1. The Bertz CT molecular complexity index is 804. The molecule has 7 heteroatoms. The molecule has 0 N–H and O–H groups in total. The van der Waals surface area contributed by atoms with Crippen LogP contribution in [0.25, 0.3) is 0 Å². The molecule has 0 amide bonds. The Labute approximate surface area is 188 Å². The number of rotatable bonds is 7. The number of hydrogen-bond acceptors (Lipinski definition) is 5. The summed E-state index contributed by atoms with van der Waals surface area (Å²) >= 11 is 14.5.